The molecule has 0 aromatic carbocycles. The largest absolute Gasteiger partial charge is 0.472 e. The van der Waals surface area contributed by atoms with E-state index in [1.54, 1.807) is 12.5 Å². The Morgan fingerprint density at radius 1 is 1.58 bits per heavy atom. The van der Waals surface area contributed by atoms with Crippen LogP contribution in [0.5, 0.6) is 0 Å². The number of Topliss-reactive ketones (excluding diaryl/α,β-unsaturated/α-hetero) is 1. The Balaban J connectivity index is 2.19. The maximum atomic E-state index is 11.6. The molecule has 3 heteroatoms. The SMILES string of the molecule is Cc1cocc1C(=O)C1CSC1. The topological polar surface area (TPSA) is 30.2 Å². The zero-order chi connectivity index (χ0) is 8.55. The summed E-state index contributed by atoms with van der Waals surface area (Å²) >= 11 is 1.83. The average Bonchev–Trinajstić information content (AvgIpc) is 2.31. The molecule has 1 aliphatic heterocycles. The van der Waals surface area contributed by atoms with Gasteiger partial charge in [-0.1, -0.05) is 0 Å². The molecular weight excluding hydrogens is 172 g/mol. The van der Waals surface area contributed by atoms with E-state index in [1.807, 2.05) is 18.7 Å². The normalized spacial score (nSPS) is 17.4. The van der Waals surface area contributed by atoms with Crippen molar-refractivity contribution in [2.24, 2.45) is 5.92 Å². The summed E-state index contributed by atoms with van der Waals surface area (Å²) in [7, 11) is 0. The van der Waals surface area contributed by atoms with Gasteiger partial charge >= 0.3 is 0 Å². The van der Waals surface area contributed by atoms with Crippen LogP contribution >= 0.6 is 11.8 Å². The van der Waals surface area contributed by atoms with Crippen LogP contribution in [0.15, 0.2) is 16.9 Å². The third kappa shape index (κ3) is 1.18. The molecule has 0 saturated carbocycles. The highest BCUT2D eigenvalue weighted by atomic mass is 32.2. The van der Waals surface area contributed by atoms with Gasteiger partial charge in [-0.05, 0) is 12.5 Å². The molecule has 2 rings (SSSR count). The Morgan fingerprint density at radius 2 is 2.33 bits per heavy atom. The van der Waals surface area contributed by atoms with Crippen LogP contribution in [0.25, 0.3) is 0 Å². The van der Waals surface area contributed by atoms with Gasteiger partial charge in [-0.25, -0.2) is 0 Å². The van der Waals surface area contributed by atoms with Gasteiger partial charge in [-0.2, -0.15) is 11.8 Å². The van der Waals surface area contributed by atoms with E-state index in [-0.39, 0.29) is 11.7 Å². The molecule has 0 aliphatic carbocycles. The van der Waals surface area contributed by atoms with Crippen LogP contribution in [0, 0.1) is 12.8 Å². The van der Waals surface area contributed by atoms with Crippen LogP contribution in [-0.2, 0) is 0 Å². The third-order valence-corrected chi connectivity index (χ3v) is 3.41. The van der Waals surface area contributed by atoms with Crippen molar-refractivity contribution in [3.8, 4) is 0 Å². The Labute approximate surface area is 75.3 Å². The molecule has 1 fully saturated rings. The first-order chi connectivity index (χ1) is 5.79. The second kappa shape index (κ2) is 2.98. The Hall–Kier alpha value is -0.700. The van der Waals surface area contributed by atoms with E-state index in [4.69, 9.17) is 4.42 Å². The number of aryl methyl sites for hydroxylation is 1. The summed E-state index contributed by atoms with van der Waals surface area (Å²) in [6, 6.07) is 0. The first kappa shape index (κ1) is 7.92. The van der Waals surface area contributed by atoms with Crippen molar-refractivity contribution >= 4 is 17.5 Å². The maximum Gasteiger partial charge on any atom is 0.171 e. The van der Waals surface area contributed by atoms with Crippen molar-refractivity contribution in [3.05, 3.63) is 23.7 Å². The van der Waals surface area contributed by atoms with Crippen LogP contribution < -0.4 is 0 Å². The quantitative estimate of drug-likeness (QED) is 0.656. The highest BCUT2D eigenvalue weighted by Gasteiger charge is 2.28. The number of carbonyl (C=O) groups is 1. The molecule has 0 N–H and O–H groups in total. The fourth-order valence-corrected chi connectivity index (χ4v) is 1.99. The minimum Gasteiger partial charge on any atom is -0.472 e. The Bertz CT molecular complexity index is 299. The lowest BCUT2D eigenvalue weighted by molar-refractivity contribution is 0.0937. The number of carbonyl (C=O) groups excluding carboxylic acids is 1. The first-order valence-electron chi connectivity index (χ1n) is 3.94. The molecule has 0 bridgehead atoms. The molecule has 1 aromatic rings. The van der Waals surface area contributed by atoms with Crippen molar-refractivity contribution in [2.45, 2.75) is 6.92 Å². The predicted molar refractivity (Wildman–Crippen MR) is 48.6 cm³/mol. The van der Waals surface area contributed by atoms with E-state index >= 15 is 0 Å². The van der Waals surface area contributed by atoms with Gasteiger partial charge in [-0.15, -0.1) is 0 Å². The average molecular weight is 182 g/mol. The van der Waals surface area contributed by atoms with Gasteiger partial charge < -0.3 is 4.42 Å². The molecule has 0 atom stereocenters. The number of furan rings is 1. The molecule has 0 amide bonds. The van der Waals surface area contributed by atoms with Gasteiger partial charge in [0.2, 0.25) is 0 Å². The molecule has 0 unspecified atom stereocenters. The van der Waals surface area contributed by atoms with Gasteiger partial charge in [-0.3, -0.25) is 4.79 Å². The second-order valence-electron chi connectivity index (χ2n) is 3.07. The maximum absolute atomic E-state index is 11.6. The lowest BCUT2D eigenvalue weighted by Gasteiger charge is -2.22. The van der Waals surface area contributed by atoms with Crippen molar-refractivity contribution in [3.63, 3.8) is 0 Å². The van der Waals surface area contributed by atoms with E-state index in [0.717, 1.165) is 22.6 Å². The van der Waals surface area contributed by atoms with Gasteiger partial charge in [0.1, 0.15) is 6.26 Å². The summed E-state index contributed by atoms with van der Waals surface area (Å²) < 4.78 is 4.96. The van der Waals surface area contributed by atoms with Gasteiger partial charge in [0.15, 0.2) is 5.78 Å². The molecule has 12 heavy (non-hydrogen) atoms. The molecular formula is C9H10O2S. The van der Waals surface area contributed by atoms with E-state index in [2.05, 4.69) is 0 Å². The smallest absolute Gasteiger partial charge is 0.171 e. The lowest BCUT2D eigenvalue weighted by atomic mass is 10.0. The highest BCUT2D eigenvalue weighted by Crippen LogP contribution is 2.28. The molecule has 1 saturated heterocycles. The second-order valence-corrected chi connectivity index (χ2v) is 4.14. The van der Waals surface area contributed by atoms with Gasteiger partial charge in [0.05, 0.1) is 11.8 Å². The summed E-state index contributed by atoms with van der Waals surface area (Å²) in [4.78, 5) is 11.6. The zero-order valence-corrected chi connectivity index (χ0v) is 7.69. The number of ketones is 1. The molecule has 64 valence electrons. The molecule has 0 radical (unpaired) electrons. The summed E-state index contributed by atoms with van der Waals surface area (Å²) in [5.74, 6) is 2.44. The number of thioether (sulfide) groups is 1. The predicted octanol–water partition coefficient (Wildman–Crippen LogP) is 2.13. The Kier molecular flexibility index (Phi) is 1.97. The Morgan fingerprint density at radius 3 is 2.75 bits per heavy atom. The van der Waals surface area contributed by atoms with Crippen molar-refractivity contribution in [1.29, 1.82) is 0 Å². The van der Waals surface area contributed by atoms with E-state index < -0.39 is 0 Å². The van der Waals surface area contributed by atoms with Crippen LogP contribution in [0.3, 0.4) is 0 Å². The van der Waals surface area contributed by atoms with Crippen molar-refractivity contribution in [1.82, 2.24) is 0 Å². The van der Waals surface area contributed by atoms with Crippen LogP contribution in [0.4, 0.5) is 0 Å². The standard InChI is InChI=1S/C9H10O2S/c1-6-2-11-3-8(6)9(10)7-4-12-5-7/h2-3,7H,4-5H2,1H3. The molecule has 1 aromatic heterocycles. The third-order valence-electron chi connectivity index (χ3n) is 2.13. The van der Waals surface area contributed by atoms with Crippen LogP contribution in [0.1, 0.15) is 15.9 Å². The number of hydrogen-bond donors (Lipinski definition) is 0. The van der Waals surface area contributed by atoms with Crippen LogP contribution in [-0.4, -0.2) is 17.3 Å². The number of hydrogen-bond acceptors (Lipinski definition) is 3. The monoisotopic (exact) mass is 182 g/mol. The van der Waals surface area contributed by atoms with Gasteiger partial charge in [0.25, 0.3) is 0 Å². The molecule has 2 nitrogen and oxygen atoms in total. The zero-order valence-electron chi connectivity index (χ0n) is 6.87. The van der Waals surface area contributed by atoms with Crippen molar-refractivity contribution in [2.75, 3.05) is 11.5 Å². The number of rotatable bonds is 2. The fraction of sp³-hybridized carbons (Fsp3) is 0.444. The molecule has 0 spiro atoms. The lowest BCUT2D eigenvalue weighted by Crippen LogP contribution is -2.27. The van der Waals surface area contributed by atoms with E-state index in [1.165, 1.54) is 0 Å². The summed E-state index contributed by atoms with van der Waals surface area (Å²) in [6.07, 6.45) is 3.18. The first-order valence-corrected chi connectivity index (χ1v) is 5.09. The summed E-state index contributed by atoms with van der Waals surface area (Å²) in [6.45, 7) is 1.91. The minimum atomic E-state index is 0.242. The van der Waals surface area contributed by atoms with E-state index in [0.29, 0.717) is 0 Å². The fourth-order valence-electron chi connectivity index (χ4n) is 1.22. The highest BCUT2D eigenvalue weighted by molar-refractivity contribution is 8.00. The van der Waals surface area contributed by atoms with Crippen LogP contribution in [0.2, 0.25) is 0 Å². The molecule has 2 heterocycles. The summed E-state index contributed by atoms with van der Waals surface area (Å²) in [5.41, 5.74) is 1.72. The molecule has 1 aliphatic rings. The van der Waals surface area contributed by atoms with Gasteiger partial charge in [0, 0.05) is 17.4 Å². The summed E-state index contributed by atoms with van der Waals surface area (Å²) in [5, 5.41) is 0. The minimum absolute atomic E-state index is 0.242. The van der Waals surface area contributed by atoms with Crippen molar-refractivity contribution < 1.29 is 9.21 Å². The van der Waals surface area contributed by atoms with E-state index in [9.17, 15) is 4.79 Å².